The second-order valence-electron chi connectivity index (χ2n) is 4.67. The third kappa shape index (κ3) is 3.36. The van der Waals surface area contributed by atoms with Gasteiger partial charge in [-0.25, -0.2) is 0 Å². The van der Waals surface area contributed by atoms with Gasteiger partial charge >= 0.3 is 0 Å². The molecule has 0 saturated carbocycles. The number of rotatable bonds is 3. The van der Waals surface area contributed by atoms with E-state index in [9.17, 15) is 4.79 Å². The number of fused-ring (bicyclic) bond motifs is 1. The number of benzene rings is 2. The van der Waals surface area contributed by atoms with E-state index in [1.165, 1.54) is 0 Å². The van der Waals surface area contributed by atoms with Crippen LogP contribution in [0.25, 0.3) is 0 Å². The number of halogens is 1. The summed E-state index contributed by atoms with van der Waals surface area (Å²) in [5.41, 5.74) is 1.61. The summed E-state index contributed by atoms with van der Waals surface area (Å²) in [4.78, 5) is 12.2. The average molecular weight is 348 g/mol. The number of carbonyl (C=O) groups is 1. The predicted octanol–water partition coefficient (Wildman–Crippen LogP) is 3.15. The third-order valence-corrected chi connectivity index (χ3v) is 3.70. The van der Waals surface area contributed by atoms with Crippen LogP contribution in [0.4, 0.5) is 0 Å². The molecular formula is C16H14BrNO3. The van der Waals surface area contributed by atoms with Gasteiger partial charge in [0.1, 0.15) is 13.2 Å². The zero-order valence-electron chi connectivity index (χ0n) is 11.3. The SMILES string of the molecule is O=C(NCc1ccc(Br)cc1)c1ccc2c(c1)OCCO2. The van der Waals surface area contributed by atoms with Crippen molar-refractivity contribution in [2.45, 2.75) is 6.54 Å². The van der Waals surface area contributed by atoms with E-state index in [0.29, 0.717) is 36.8 Å². The molecule has 5 heteroatoms. The Bertz CT molecular complexity index is 655. The minimum absolute atomic E-state index is 0.130. The van der Waals surface area contributed by atoms with Crippen molar-refractivity contribution in [1.82, 2.24) is 5.32 Å². The van der Waals surface area contributed by atoms with Gasteiger partial charge in [-0.05, 0) is 35.9 Å². The summed E-state index contributed by atoms with van der Waals surface area (Å²) in [6, 6.07) is 13.1. The summed E-state index contributed by atoms with van der Waals surface area (Å²) >= 11 is 3.38. The van der Waals surface area contributed by atoms with Crippen LogP contribution in [0.3, 0.4) is 0 Å². The first-order valence-corrected chi connectivity index (χ1v) is 7.44. The van der Waals surface area contributed by atoms with Gasteiger partial charge in [0.05, 0.1) is 0 Å². The lowest BCUT2D eigenvalue weighted by atomic mass is 10.1. The summed E-state index contributed by atoms with van der Waals surface area (Å²) in [7, 11) is 0. The smallest absolute Gasteiger partial charge is 0.251 e. The molecule has 1 amide bonds. The molecule has 0 unspecified atom stereocenters. The van der Waals surface area contributed by atoms with E-state index in [2.05, 4.69) is 21.2 Å². The lowest BCUT2D eigenvalue weighted by Gasteiger charge is -2.18. The lowest BCUT2D eigenvalue weighted by molar-refractivity contribution is 0.0949. The van der Waals surface area contributed by atoms with E-state index in [1.54, 1.807) is 18.2 Å². The molecule has 0 aromatic heterocycles. The molecular weight excluding hydrogens is 334 g/mol. The molecule has 0 saturated heterocycles. The van der Waals surface area contributed by atoms with Gasteiger partial charge in [0.2, 0.25) is 0 Å². The van der Waals surface area contributed by atoms with Gasteiger partial charge in [-0.3, -0.25) is 4.79 Å². The first kappa shape index (κ1) is 13.9. The largest absolute Gasteiger partial charge is 0.486 e. The van der Waals surface area contributed by atoms with Gasteiger partial charge in [-0.2, -0.15) is 0 Å². The number of hydrogen-bond donors (Lipinski definition) is 1. The highest BCUT2D eigenvalue weighted by Crippen LogP contribution is 2.30. The highest BCUT2D eigenvalue weighted by atomic mass is 79.9. The lowest BCUT2D eigenvalue weighted by Crippen LogP contribution is -2.23. The van der Waals surface area contributed by atoms with Gasteiger partial charge in [0.25, 0.3) is 5.91 Å². The predicted molar refractivity (Wildman–Crippen MR) is 82.7 cm³/mol. The maximum Gasteiger partial charge on any atom is 0.251 e. The van der Waals surface area contributed by atoms with E-state index in [4.69, 9.17) is 9.47 Å². The number of carbonyl (C=O) groups excluding carboxylic acids is 1. The summed E-state index contributed by atoms with van der Waals surface area (Å²) < 4.78 is 11.9. The fourth-order valence-electron chi connectivity index (χ4n) is 2.07. The first-order chi connectivity index (χ1) is 10.2. The van der Waals surface area contributed by atoms with E-state index >= 15 is 0 Å². The molecule has 108 valence electrons. The zero-order chi connectivity index (χ0) is 14.7. The Morgan fingerprint density at radius 1 is 1.05 bits per heavy atom. The molecule has 3 rings (SSSR count). The molecule has 1 aliphatic heterocycles. The Kier molecular flexibility index (Phi) is 4.10. The van der Waals surface area contributed by atoms with E-state index < -0.39 is 0 Å². The van der Waals surface area contributed by atoms with Gasteiger partial charge in [-0.1, -0.05) is 28.1 Å². The number of hydrogen-bond acceptors (Lipinski definition) is 3. The maximum atomic E-state index is 12.2. The molecule has 0 aliphatic carbocycles. The van der Waals surface area contributed by atoms with Crippen molar-refractivity contribution in [2.75, 3.05) is 13.2 Å². The van der Waals surface area contributed by atoms with E-state index in [1.807, 2.05) is 24.3 Å². The topological polar surface area (TPSA) is 47.6 Å². The highest BCUT2D eigenvalue weighted by Gasteiger charge is 2.14. The normalized spacial score (nSPS) is 12.8. The van der Waals surface area contributed by atoms with Gasteiger partial charge in [-0.15, -0.1) is 0 Å². The molecule has 4 nitrogen and oxygen atoms in total. The average Bonchev–Trinajstić information content (AvgIpc) is 2.53. The summed E-state index contributed by atoms with van der Waals surface area (Å²) in [5.74, 6) is 1.18. The Morgan fingerprint density at radius 3 is 2.52 bits per heavy atom. The second-order valence-corrected chi connectivity index (χ2v) is 5.58. The molecule has 0 fully saturated rings. The van der Waals surface area contributed by atoms with Crippen LogP contribution in [0.5, 0.6) is 11.5 Å². The molecule has 21 heavy (non-hydrogen) atoms. The molecule has 0 spiro atoms. The Hall–Kier alpha value is -2.01. The standard InChI is InChI=1S/C16H14BrNO3/c17-13-4-1-11(2-5-13)10-18-16(19)12-3-6-14-15(9-12)21-8-7-20-14/h1-6,9H,7-8,10H2,(H,18,19). The van der Waals surface area contributed by atoms with Crippen molar-refractivity contribution in [3.8, 4) is 11.5 Å². The first-order valence-electron chi connectivity index (χ1n) is 6.65. The van der Waals surface area contributed by atoms with E-state index in [0.717, 1.165) is 10.0 Å². The van der Waals surface area contributed by atoms with Crippen LogP contribution in [-0.2, 0) is 6.54 Å². The fraction of sp³-hybridized carbons (Fsp3) is 0.188. The Balaban J connectivity index is 1.66. The van der Waals surface area contributed by atoms with Crippen LogP contribution in [0, 0.1) is 0 Å². The minimum atomic E-state index is -0.130. The molecule has 1 N–H and O–H groups in total. The molecule has 1 heterocycles. The van der Waals surface area contributed by atoms with Crippen molar-refractivity contribution in [2.24, 2.45) is 0 Å². The van der Waals surface area contributed by atoms with Crippen molar-refractivity contribution >= 4 is 21.8 Å². The molecule has 0 bridgehead atoms. The zero-order valence-corrected chi connectivity index (χ0v) is 12.9. The number of ether oxygens (including phenoxy) is 2. The Labute approximate surface area is 131 Å². The molecule has 1 aliphatic rings. The summed E-state index contributed by atoms with van der Waals surface area (Å²) in [5, 5.41) is 2.89. The van der Waals surface area contributed by atoms with Crippen LogP contribution in [0.1, 0.15) is 15.9 Å². The van der Waals surface area contributed by atoms with Gasteiger partial charge in [0, 0.05) is 16.6 Å². The molecule has 0 radical (unpaired) electrons. The highest BCUT2D eigenvalue weighted by molar-refractivity contribution is 9.10. The minimum Gasteiger partial charge on any atom is -0.486 e. The van der Waals surface area contributed by atoms with Crippen LogP contribution in [-0.4, -0.2) is 19.1 Å². The monoisotopic (exact) mass is 347 g/mol. The molecule has 2 aromatic rings. The van der Waals surface area contributed by atoms with Crippen molar-refractivity contribution in [3.05, 3.63) is 58.1 Å². The van der Waals surface area contributed by atoms with Crippen LogP contribution >= 0.6 is 15.9 Å². The second kappa shape index (κ2) is 6.18. The third-order valence-electron chi connectivity index (χ3n) is 3.17. The molecule has 2 aromatic carbocycles. The number of nitrogens with one attached hydrogen (secondary N) is 1. The fourth-order valence-corrected chi connectivity index (χ4v) is 2.34. The number of amides is 1. The van der Waals surface area contributed by atoms with Crippen LogP contribution in [0.2, 0.25) is 0 Å². The van der Waals surface area contributed by atoms with Crippen molar-refractivity contribution in [1.29, 1.82) is 0 Å². The van der Waals surface area contributed by atoms with E-state index in [-0.39, 0.29) is 5.91 Å². The Morgan fingerprint density at radius 2 is 1.76 bits per heavy atom. The maximum absolute atomic E-state index is 12.2. The van der Waals surface area contributed by atoms with Gasteiger partial charge < -0.3 is 14.8 Å². The van der Waals surface area contributed by atoms with Crippen LogP contribution < -0.4 is 14.8 Å². The van der Waals surface area contributed by atoms with Crippen molar-refractivity contribution < 1.29 is 14.3 Å². The summed E-state index contributed by atoms with van der Waals surface area (Å²) in [6.45, 7) is 1.54. The quantitative estimate of drug-likeness (QED) is 0.927. The summed E-state index contributed by atoms with van der Waals surface area (Å²) in [6.07, 6.45) is 0. The van der Waals surface area contributed by atoms with Crippen molar-refractivity contribution in [3.63, 3.8) is 0 Å². The van der Waals surface area contributed by atoms with Gasteiger partial charge in [0.15, 0.2) is 11.5 Å². The molecule has 0 atom stereocenters. The van der Waals surface area contributed by atoms with Crippen LogP contribution in [0.15, 0.2) is 46.9 Å².